The molecule has 0 saturated carbocycles. The first-order valence-corrected chi connectivity index (χ1v) is 10.1. The van der Waals surface area contributed by atoms with Gasteiger partial charge in [0.05, 0.1) is 10.5 Å². The zero-order valence-corrected chi connectivity index (χ0v) is 15.5. The van der Waals surface area contributed by atoms with E-state index in [0.717, 1.165) is 23.5 Å². The van der Waals surface area contributed by atoms with Gasteiger partial charge in [-0.15, -0.1) is 11.3 Å². The first-order valence-electron chi connectivity index (χ1n) is 7.69. The Morgan fingerprint density at radius 3 is 2.32 bits per heavy atom. The van der Waals surface area contributed by atoms with Crippen molar-refractivity contribution in [3.8, 4) is 11.1 Å². The largest absolute Gasteiger partial charge is 0.477 e. The van der Waals surface area contributed by atoms with Gasteiger partial charge in [-0.05, 0) is 53.4 Å². The second-order valence-electron chi connectivity index (χ2n) is 5.68. The number of rotatable bonds is 5. The number of sulfonamides is 1. The molecule has 0 saturated heterocycles. The van der Waals surface area contributed by atoms with Crippen molar-refractivity contribution in [1.29, 1.82) is 0 Å². The highest BCUT2D eigenvalue weighted by molar-refractivity contribution is 7.92. The van der Waals surface area contributed by atoms with Crippen LogP contribution >= 0.6 is 11.3 Å². The van der Waals surface area contributed by atoms with Crippen LogP contribution in [0.25, 0.3) is 11.1 Å². The molecule has 3 rings (SSSR count). The maximum absolute atomic E-state index is 12.6. The van der Waals surface area contributed by atoms with Crippen LogP contribution < -0.4 is 4.72 Å². The molecule has 0 aliphatic heterocycles. The Morgan fingerprint density at radius 1 is 1.04 bits per heavy atom. The number of alkyl halides is 3. The molecular formula is C18H12F3NO4S2. The molecule has 0 radical (unpaired) electrons. The van der Waals surface area contributed by atoms with E-state index in [2.05, 4.69) is 4.72 Å². The highest BCUT2D eigenvalue weighted by Gasteiger charge is 2.30. The quantitative estimate of drug-likeness (QED) is 0.605. The molecule has 0 unspecified atom stereocenters. The average Bonchev–Trinajstić information content (AvgIpc) is 3.11. The summed E-state index contributed by atoms with van der Waals surface area (Å²) in [6, 6.07) is 10.8. The minimum atomic E-state index is -4.56. The Hall–Kier alpha value is -2.85. The van der Waals surface area contributed by atoms with Gasteiger partial charge in [0.2, 0.25) is 0 Å². The molecule has 2 N–H and O–H groups in total. The molecule has 0 amide bonds. The SMILES string of the molecule is O=C(O)c1sccc1-c1cccc(NS(=O)(=O)c2ccc(C(F)(F)F)cc2)c1. The maximum Gasteiger partial charge on any atom is 0.416 e. The van der Waals surface area contributed by atoms with Crippen LogP contribution in [0.1, 0.15) is 15.2 Å². The molecule has 0 aliphatic rings. The number of benzene rings is 2. The molecule has 1 heterocycles. The molecule has 10 heteroatoms. The Labute approximate surface area is 162 Å². The highest BCUT2D eigenvalue weighted by Crippen LogP contribution is 2.32. The lowest BCUT2D eigenvalue weighted by Crippen LogP contribution is -2.13. The number of anilines is 1. The molecule has 0 fully saturated rings. The van der Waals surface area contributed by atoms with Gasteiger partial charge in [0.15, 0.2) is 0 Å². The van der Waals surface area contributed by atoms with Gasteiger partial charge >= 0.3 is 12.1 Å². The van der Waals surface area contributed by atoms with E-state index in [-0.39, 0.29) is 15.5 Å². The van der Waals surface area contributed by atoms with E-state index in [1.54, 1.807) is 23.6 Å². The number of halogens is 3. The van der Waals surface area contributed by atoms with Crippen LogP contribution in [0.3, 0.4) is 0 Å². The van der Waals surface area contributed by atoms with Crippen LogP contribution in [0.4, 0.5) is 18.9 Å². The lowest BCUT2D eigenvalue weighted by atomic mass is 10.1. The normalized spacial score (nSPS) is 12.0. The molecule has 28 heavy (non-hydrogen) atoms. The molecule has 0 atom stereocenters. The van der Waals surface area contributed by atoms with Crippen molar-refractivity contribution in [2.75, 3.05) is 4.72 Å². The second kappa shape index (κ2) is 7.28. The molecule has 0 bridgehead atoms. The number of carboxylic acid groups (broad SMARTS) is 1. The summed E-state index contributed by atoms with van der Waals surface area (Å²) < 4.78 is 65.1. The Kier molecular flexibility index (Phi) is 5.18. The van der Waals surface area contributed by atoms with Gasteiger partial charge < -0.3 is 5.11 Å². The average molecular weight is 427 g/mol. The molecule has 5 nitrogen and oxygen atoms in total. The fraction of sp³-hybridized carbons (Fsp3) is 0.0556. The van der Waals surface area contributed by atoms with Gasteiger partial charge in [-0.3, -0.25) is 4.72 Å². The van der Waals surface area contributed by atoms with Gasteiger partial charge in [0, 0.05) is 11.3 Å². The second-order valence-corrected chi connectivity index (χ2v) is 8.28. The first kappa shape index (κ1) is 19.9. The smallest absolute Gasteiger partial charge is 0.416 e. The molecule has 0 aliphatic carbocycles. The zero-order valence-electron chi connectivity index (χ0n) is 13.9. The minimum absolute atomic E-state index is 0.114. The molecule has 1 aromatic heterocycles. The summed E-state index contributed by atoms with van der Waals surface area (Å²) in [5.41, 5.74) is 0.131. The fourth-order valence-corrected chi connectivity index (χ4v) is 4.29. The van der Waals surface area contributed by atoms with E-state index < -0.39 is 27.7 Å². The van der Waals surface area contributed by atoms with E-state index >= 15 is 0 Å². The monoisotopic (exact) mass is 427 g/mol. The lowest BCUT2D eigenvalue weighted by Gasteiger charge is -2.11. The summed E-state index contributed by atoms with van der Waals surface area (Å²) in [4.78, 5) is 11.1. The number of thiophene rings is 1. The van der Waals surface area contributed by atoms with E-state index in [4.69, 9.17) is 0 Å². The topological polar surface area (TPSA) is 83.5 Å². The summed E-state index contributed by atoms with van der Waals surface area (Å²) in [7, 11) is -4.12. The van der Waals surface area contributed by atoms with E-state index in [1.165, 1.54) is 12.1 Å². The Morgan fingerprint density at radius 2 is 1.71 bits per heavy atom. The summed E-state index contributed by atoms with van der Waals surface area (Å²) in [6.07, 6.45) is -4.56. The van der Waals surface area contributed by atoms with Gasteiger partial charge in [0.1, 0.15) is 4.88 Å². The number of nitrogens with one attached hydrogen (secondary N) is 1. The number of carbonyl (C=O) groups is 1. The molecule has 0 spiro atoms. The van der Waals surface area contributed by atoms with Crippen LogP contribution in [0, 0.1) is 0 Å². The van der Waals surface area contributed by atoms with Gasteiger partial charge in [-0.25, -0.2) is 13.2 Å². The van der Waals surface area contributed by atoms with E-state index in [1.807, 2.05) is 0 Å². The third-order valence-corrected chi connectivity index (χ3v) is 6.08. The van der Waals surface area contributed by atoms with Crippen molar-refractivity contribution in [3.05, 3.63) is 70.4 Å². The Bertz CT molecular complexity index is 1120. The lowest BCUT2D eigenvalue weighted by molar-refractivity contribution is -0.137. The van der Waals surface area contributed by atoms with Gasteiger partial charge in [-0.2, -0.15) is 13.2 Å². The molecular weight excluding hydrogens is 415 g/mol. The van der Waals surface area contributed by atoms with Crippen molar-refractivity contribution in [3.63, 3.8) is 0 Å². The van der Waals surface area contributed by atoms with Crippen LogP contribution in [0.15, 0.2) is 64.9 Å². The van der Waals surface area contributed by atoms with Crippen LogP contribution in [0.5, 0.6) is 0 Å². The predicted octanol–water partition coefficient (Wildman–Crippen LogP) is 4.93. The maximum atomic E-state index is 12.6. The van der Waals surface area contributed by atoms with Crippen molar-refractivity contribution in [2.24, 2.45) is 0 Å². The van der Waals surface area contributed by atoms with E-state index in [9.17, 15) is 31.5 Å². The third kappa shape index (κ3) is 4.18. The fourth-order valence-electron chi connectivity index (χ4n) is 2.49. The molecule has 2 aromatic carbocycles. The number of aromatic carboxylic acids is 1. The van der Waals surface area contributed by atoms with Gasteiger partial charge in [-0.1, -0.05) is 12.1 Å². The van der Waals surface area contributed by atoms with Crippen LogP contribution in [0.2, 0.25) is 0 Å². The van der Waals surface area contributed by atoms with Crippen LogP contribution in [-0.4, -0.2) is 19.5 Å². The summed E-state index contributed by atoms with van der Waals surface area (Å²) in [5, 5.41) is 10.8. The summed E-state index contributed by atoms with van der Waals surface area (Å²) >= 11 is 1.04. The number of hydrogen-bond acceptors (Lipinski definition) is 4. The predicted molar refractivity (Wildman–Crippen MR) is 99.0 cm³/mol. The number of hydrogen-bond donors (Lipinski definition) is 2. The van der Waals surface area contributed by atoms with Crippen LogP contribution in [-0.2, 0) is 16.2 Å². The highest BCUT2D eigenvalue weighted by atomic mass is 32.2. The number of carboxylic acids is 1. The first-order chi connectivity index (χ1) is 13.1. The zero-order chi connectivity index (χ0) is 20.5. The van der Waals surface area contributed by atoms with Crippen molar-refractivity contribution in [1.82, 2.24) is 0 Å². The van der Waals surface area contributed by atoms with E-state index in [0.29, 0.717) is 23.3 Å². The van der Waals surface area contributed by atoms with Gasteiger partial charge in [0.25, 0.3) is 10.0 Å². The van der Waals surface area contributed by atoms with Crippen molar-refractivity contribution < 1.29 is 31.5 Å². The standard InChI is InChI=1S/C18H12F3NO4S2/c19-18(20,21)12-4-6-14(7-5-12)28(25,26)22-13-3-1-2-11(10-13)15-8-9-27-16(15)17(23)24/h1-10,22H,(H,23,24). The molecule has 146 valence electrons. The molecule has 3 aromatic rings. The summed E-state index contributed by atoms with van der Waals surface area (Å²) in [5.74, 6) is -1.10. The van der Waals surface area contributed by atoms with Crippen molar-refractivity contribution >= 4 is 33.0 Å². The Balaban J connectivity index is 1.89. The third-order valence-electron chi connectivity index (χ3n) is 3.78. The summed E-state index contributed by atoms with van der Waals surface area (Å²) in [6.45, 7) is 0. The van der Waals surface area contributed by atoms with Crippen molar-refractivity contribution in [2.45, 2.75) is 11.1 Å². The minimum Gasteiger partial charge on any atom is -0.477 e.